The number of aromatic amines is 1. The lowest BCUT2D eigenvalue weighted by atomic mass is 10.2. The fourth-order valence-corrected chi connectivity index (χ4v) is 2.69. The fraction of sp³-hybridized carbons (Fsp3) is 0.500. The minimum absolute atomic E-state index is 0.0869. The van der Waals surface area contributed by atoms with Gasteiger partial charge in [0.15, 0.2) is 0 Å². The maximum Gasteiger partial charge on any atom is 0.274 e. The van der Waals surface area contributed by atoms with Crippen LogP contribution in [0, 0.1) is 0 Å². The van der Waals surface area contributed by atoms with Gasteiger partial charge in [-0.2, -0.15) is 10.2 Å². The van der Waals surface area contributed by atoms with Crippen LogP contribution in [0.15, 0.2) is 16.7 Å². The molecule has 1 saturated carbocycles. The maximum absolute atomic E-state index is 12.4. The van der Waals surface area contributed by atoms with Crippen molar-refractivity contribution in [3.8, 4) is 0 Å². The smallest absolute Gasteiger partial charge is 0.274 e. The average Bonchev–Trinajstić information content (AvgIpc) is 3.10. The van der Waals surface area contributed by atoms with Crippen molar-refractivity contribution in [2.75, 3.05) is 7.05 Å². The summed E-state index contributed by atoms with van der Waals surface area (Å²) in [5.74, 6) is 0.481. The highest BCUT2D eigenvalue weighted by atomic mass is 79.9. The van der Waals surface area contributed by atoms with Gasteiger partial charge in [-0.15, -0.1) is 0 Å². The predicted molar refractivity (Wildman–Crippen MR) is 82.0 cm³/mol. The Kier molecular flexibility index (Phi) is 3.84. The molecular weight excluding hydrogens is 334 g/mol. The largest absolute Gasteiger partial charge is 0.334 e. The third-order valence-corrected chi connectivity index (χ3v) is 4.34. The van der Waals surface area contributed by atoms with Crippen LogP contribution in [0.4, 0.5) is 0 Å². The number of nitrogens with one attached hydrogen (secondary N) is 1. The molecule has 0 bridgehead atoms. The number of aryl methyl sites for hydroxylation is 1. The quantitative estimate of drug-likeness (QED) is 0.899. The number of nitrogens with zero attached hydrogens (tertiary/aromatic N) is 4. The number of carbonyl (C=O) groups excluding carboxylic acids is 1. The van der Waals surface area contributed by atoms with Crippen molar-refractivity contribution in [1.82, 2.24) is 24.9 Å². The molecule has 1 fully saturated rings. The Hall–Kier alpha value is -1.63. The summed E-state index contributed by atoms with van der Waals surface area (Å²) >= 11 is 3.48. The number of rotatable bonds is 5. The van der Waals surface area contributed by atoms with Crippen molar-refractivity contribution in [3.63, 3.8) is 0 Å². The van der Waals surface area contributed by atoms with Gasteiger partial charge in [-0.3, -0.25) is 14.6 Å². The normalized spacial score (nSPS) is 14.4. The standard InChI is InChI=1S/C14H18BrN5O/c1-3-20-7-10(15)13(18-20)8-19(2)14(21)12-6-11(16-17-12)9-4-5-9/h6-7,9H,3-5,8H2,1-2H3,(H,16,17). The van der Waals surface area contributed by atoms with Gasteiger partial charge in [-0.05, 0) is 41.8 Å². The van der Waals surface area contributed by atoms with E-state index in [0.29, 0.717) is 18.2 Å². The zero-order valence-electron chi connectivity index (χ0n) is 12.1. The molecular formula is C14H18BrN5O. The molecule has 1 aliphatic rings. The predicted octanol–water partition coefficient (Wildman–Crippen LogP) is 2.54. The molecule has 6 nitrogen and oxygen atoms in total. The van der Waals surface area contributed by atoms with Crippen LogP contribution in [-0.2, 0) is 13.1 Å². The SMILES string of the molecule is CCn1cc(Br)c(CN(C)C(=O)c2cc(C3CC3)[nH]n2)n1. The molecule has 21 heavy (non-hydrogen) atoms. The Morgan fingerprint density at radius 2 is 2.33 bits per heavy atom. The highest BCUT2D eigenvalue weighted by Gasteiger charge is 2.27. The van der Waals surface area contributed by atoms with E-state index in [9.17, 15) is 4.79 Å². The van der Waals surface area contributed by atoms with Crippen LogP contribution in [0.5, 0.6) is 0 Å². The molecule has 1 N–H and O–H groups in total. The molecule has 0 saturated heterocycles. The lowest BCUT2D eigenvalue weighted by Crippen LogP contribution is -2.27. The lowest BCUT2D eigenvalue weighted by Gasteiger charge is -2.14. The van der Waals surface area contributed by atoms with E-state index in [-0.39, 0.29) is 5.91 Å². The first-order chi connectivity index (χ1) is 10.1. The molecule has 0 spiro atoms. The molecule has 0 unspecified atom stereocenters. The second-order valence-electron chi connectivity index (χ2n) is 5.42. The second-order valence-corrected chi connectivity index (χ2v) is 6.28. The fourth-order valence-electron chi connectivity index (χ4n) is 2.25. The van der Waals surface area contributed by atoms with Crippen molar-refractivity contribution < 1.29 is 4.79 Å². The van der Waals surface area contributed by atoms with Gasteiger partial charge in [-0.1, -0.05) is 0 Å². The van der Waals surface area contributed by atoms with E-state index in [0.717, 1.165) is 22.4 Å². The Labute approximate surface area is 131 Å². The van der Waals surface area contributed by atoms with Crippen LogP contribution < -0.4 is 0 Å². The zero-order chi connectivity index (χ0) is 15.0. The molecule has 2 aromatic heterocycles. The van der Waals surface area contributed by atoms with Gasteiger partial charge >= 0.3 is 0 Å². The summed E-state index contributed by atoms with van der Waals surface area (Å²) in [5, 5.41) is 11.5. The first kappa shape index (κ1) is 14.3. The molecule has 1 amide bonds. The third kappa shape index (κ3) is 3.02. The summed E-state index contributed by atoms with van der Waals surface area (Å²) in [5.41, 5.74) is 2.40. The number of H-pyrrole nitrogens is 1. The maximum atomic E-state index is 12.4. The Morgan fingerprint density at radius 3 is 2.95 bits per heavy atom. The highest BCUT2D eigenvalue weighted by molar-refractivity contribution is 9.10. The van der Waals surface area contributed by atoms with E-state index < -0.39 is 0 Å². The topological polar surface area (TPSA) is 66.8 Å². The van der Waals surface area contributed by atoms with E-state index in [1.807, 2.05) is 23.9 Å². The minimum atomic E-state index is -0.0869. The number of amides is 1. The average molecular weight is 352 g/mol. The lowest BCUT2D eigenvalue weighted by molar-refractivity contribution is 0.0777. The molecule has 0 aromatic carbocycles. The second kappa shape index (κ2) is 5.63. The van der Waals surface area contributed by atoms with Crippen molar-refractivity contribution in [2.24, 2.45) is 0 Å². The van der Waals surface area contributed by atoms with Crippen molar-refractivity contribution >= 4 is 21.8 Å². The molecule has 1 aliphatic carbocycles. The van der Waals surface area contributed by atoms with Crippen LogP contribution in [0.2, 0.25) is 0 Å². The van der Waals surface area contributed by atoms with Crippen LogP contribution in [0.25, 0.3) is 0 Å². The van der Waals surface area contributed by atoms with Gasteiger partial charge in [-0.25, -0.2) is 0 Å². The Balaban J connectivity index is 1.69. The molecule has 0 aliphatic heterocycles. The van der Waals surface area contributed by atoms with Crippen molar-refractivity contribution in [2.45, 2.75) is 38.8 Å². The van der Waals surface area contributed by atoms with Crippen LogP contribution in [0.1, 0.15) is 47.6 Å². The molecule has 0 radical (unpaired) electrons. The van der Waals surface area contributed by atoms with Gasteiger partial charge in [0.2, 0.25) is 0 Å². The van der Waals surface area contributed by atoms with Crippen LogP contribution in [0.3, 0.4) is 0 Å². The van der Waals surface area contributed by atoms with E-state index in [4.69, 9.17) is 0 Å². The van der Waals surface area contributed by atoms with Crippen LogP contribution in [-0.4, -0.2) is 37.8 Å². The zero-order valence-corrected chi connectivity index (χ0v) is 13.7. The van der Waals surface area contributed by atoms with E-state index in [1.165, 1.54) is 12.8 Å². The number of aromatic nitrogens is 4. The van der Waals surface area contributed by atoms with Crippen molar-refractivity contribution in [1.29, 1.82) is 0 Å². The molecule has 0 atom stereocenters. The molecule has 7 heteroatoms. The first-order valence-corrected chi connectivity index (χ1v) is 7.90. The Morgan fingerprint density at radius 1 is 1.57 bits per heavy atom. The van der Waals surface area contributed by atoms with Crippen molar-refractivity contribution in [3.05, 3.63) is 33.8 Å². The summed E-state index contributed by atoms with van der Waals surface area (Å²) in [6.07, 6.45) is 4.30. The van der Waals surface area contributed by atoms with Gasteiger partial charge in [0.1, 0.15) is 5.69 Å². The van der Waals surface area contributed by atoms with E-state index in [1.54, 1.807) is 11.9 Å². The third-order valence-electron chi connectivity index (χ3n) is 3.68. The van der Waals surface area contributed by atoms with Gasteiger partial charge < -0.3 is 4.90 Å². The molecule has 112 valence electrons. The summed E-state index contributed by atoms with van der Waals surface area (Å²) < 4.78 is 2.77. The number of halogens is 1. The number of hydrogen-bond acceptors (Lipinski definition) is 3. The monoisotopic (exact) mass is 351 g/mol. The summed E-state index contributed by atoms with van der Waals surface area (Å²) in [6.45, 7) is 3.29. The Bertz CT molecular complexity index is 658. The van der Waals surface area contributed by atoms with Gasteiger partial charge in [0.05, 0.1) is 16.7 Å². The van der Waals surface area contributed by atoms with Gasteiger partial charge in [0, 0.05) is 31.4 Å². The summed E-state index contributed by atoms with van der Waals surface area (Å²) in [7, 11) is 1.77. The summed E-state index contributed by atoms with van der Waals surface area (Å²) in [6, 6.07) is 1.87. The molecule has 2 heterocycles. The minimum Gasteiger partial charge on any atom is -0.334 e. The van der Waals surface area contributed by atoms with Crippen LogP contribution >= 0.6 is 15.9 Å². The summed E-state index contributed by atoms with van der Waals surface area (Å²) in [4.78, 5) is 14.0. The number of hydrogen-bond donors (Lipinski definition) is 1. The molecule has 3 rings (SSSR count). The first-order valence-electron chi connectivity index (χ1n) is 7.11. The van der Waals surface area contributed by atoms with E-state index >= 15 is 0 Å². The molecule has 2 aromatic rings. The highest BCUT2D eigenvalue weighted by Crippen LogP contribution is 2.39. The van der Waals surface area contributed by atoms with Gasteiger partial charge in [0.25, 0.3) is 5.91 Å². The van der Waals surface area contributed by atoms with E-state index in [2.05, 4.69) is 31.2 Å². The number of carbonyl (C=O) groups is 1.